The van der Waals surface area contributed by atoms with E-state index in [9.17, 15) is 9.59 Å². The van der Waals surface area contributed by atoms with Gasteiger partial charge in [-0.15, -0.1) is 0 Å². The molecule has 9 heteroatoms. The Hall–Kier alpha value is -2.16. The minimum Gasteiger partial charge on any atom is -0.484 e. The molecule has 25 heavy (non-hydrogen) atoms. The van der Waals surface area contributed by atoms with Crippen molar-refractivity contribution in [2.75, 3.05) is 6.61 Å². The second-order valence-electron chi connectivity index (χ2n) is 4.68. The summed E-state index contributed by atoms with van der Waals surface area (Å²) in [6.07, 6.45) is 0. The van der Waals surface area contributed by atoms with Crippen LogP contribution in [0.4, 0.5) is 0 Å². The number of hydrogen-bond donors (Lipinski definition) is 3. The number of carbonyl (C=O) groups is 2. The number of carbonyl (C=O) groups excluding carboxylic acids is 2. The second-order valence-corrected chi connectivity index (χ2v) is 6.41. The van der Waals surface area contributed by atoms with Crippen LogP contribution in [0.2, 0.25) is 5.02 Å². The van der Waals surface area contributed by atoms with Gasteiger partial charge in [0.05, 0.1) is 10.6 Å². The summed E-state index contributed by atoms with van der Waals surface area (Å²) in [4.78, 5) is 23.7. The number of ether oxygens (including phenoxy) is 1. The number of amides is 2. The van der Waals surface area contributed by atoms with Crippen molar-refractivity contribution in [2.24, 2.45) is 0 Å². The van der Waals surface area contributed by atoms with E-state index in [1.54, 1.807) is 48.5 Å². The van der Waals surface area contributed by atoms with Crippen LogP contribution < -0.4 is 20.9 Å². The molecule has 2 aromatic rings. The van der Waals surface area contributed by atoms with Gasteiger partial charge in [-0.2, -0.15) is 0 Å². The Bertz CT molecular complexity index is 786. The molecule has 0 aliphatic rings. The molecule has 0 spiro atoms. The monoisotopic (exact) mass is 441 g/mol. The smallest absolute Gasteiger partial charge is 0.276 e. The maximum Gasteiger partial charge on any atom is 0.276 e. The van der Waals surface area contributed by atoms with E-state index in [1.807, 2.05) is 0 Å². The van der Waals surface area contributed by atoms with Gasteiger partial charge in [-0.1, -0.05) is 39.7 Å². The lowest BCUT2D eigenvalue weighted by Gasteiger charge is -2.12. The molecule has 0 aliphatic carbocycles. The Balaban J connectivity index is 1.74. The minimum atomic E-state index is -0.483. The summed E-state index contributed by atoms with van der Waals surface area (Å²) >= 11 is 14.2. The molecule has 0 heterocycles. The summed E-state index contributed by atoms with van der Waals surface area (Å²) in [6, 6.07) is 13.6. The van der Waals surface area contributed by atoms with Crippen molar-refractivity contribution < 1.29 is 14.3 Å². The molecule has 0 bridgehead atoms. The first-order chi connectivity index (χ1) is 12.0. The number of thiocarbonyl (C=S) groups is 1. The second kappa shape index (κ2) is 9.36. The molecule has 3 N–H and O–H groups in total. The highest BCUT2D eigenvalue weighted by atomic mass is 79.9. The first kappa shape index (κ1) is 19.2. The number of nitrogens with one attached hydrogen (secondary N) is 3. The molecule has 0 aromatic heterocycles. The first-order valence-electron chi connectivity index (χ1n) is 6.99. The van der Waals surface area contributed by atoms with Gasteiger partial charge in [0.2, 0.25) is 0 Å². The van der Waals surface area contributed by atoms with Crippen molar-refractivity contribution in [2.45, 2.75) is 0 Å². The van der Waals surface area contributed by atoms with E-state index in [0.29, 0.717) is 10.8 Å². The highest BCUT2D eigenvalue weighted by Crippen LogP contribution is 2.16. The molecule has 0 fully saturated rings. The maximum atomic E-state index is 12.0. The number of hydrogen-bond acceptors (Lipinski definition) is 4. The van der Waals surface area contributed by atoms with Gasteiger partial charge < -0.3 is 4.74 Å². The predicted molar refractivity (Wildman–Crippen MR) is 102 cm³/mol. The maximum absolute atomic E-state index is 12.0. The molecule has 0 aliphatic heterocycles. The third kappa shape index (κ3) is 6.33. The fraction of sp³-hybridized carbons (Fsp3) is 0.0625. The molecule has 0 saturated heterocycles. The van der Waals surface area contributed by atoms with E-state index in [1.165, 1.54) is 0 Å². The normalized spacial score (nSPS) is 9.84. The zero-order valence-corrected chi connectivity index (χ0v) is 15.9. The molecule has 130 valence electrons. The van der Waals surface area contributed by atoms with E-state index in [0.717, 1.165) is 4.47 Å². The third-order valence-electron chi connectivity index (χ3n) is 2.84. The van der Waals surface area contributed by atoms with Gasteiger partial charge in [-0.3, -0.25) is 25.8 Å². The zero-order chi connectivity index (χ0) is 18.2. The molecule has 0 saturated carbocycles. The van der Waals surface area contributed by atoms with Crippen molar-refractivity contribution in [3.63, 3.8) is 0 Å². The Kier molecular flexibility index (Phi) is 7.17. The summed E-state index contributed by atoms with van der Waals surface area (Å²) in [6.45, 7) is -0.213. The molecule has 2 rings (SSSR count). The van der Waals surface area contributed by atoms with Crippen LogP contribution >= 0.6 is 39.7 Å². The summed E-state index contributed by atoms with van der Waals surface area (Å²) in [5.74, 6) is -0.395. The van der Waals surface area contributed by atoms with Crippen LogP contribution in [0.1, 0.15) is 10.4 Å². The topological polar surface area (TPSA) is 79.5 Å². The van der Waals surface area contributed by atoms with Crippen LogP contribution in [0.5, 0.6) is 5.75 Å². The van der Waals surface area contributed by atoms with Crippen LogP contribution in [0.25, 0.3) is 0 Å². The first-order valence-corrected chi connectivity index (χ1v) is 8.56. The fourth-order valence-corrected chi connectivity index (χ4v) is 2.32. The molecular weight excluding hydrogens is 430 g/mol. The van der Waals surface area contributed by atoms with Crippen molar-refractivity contribution in [3.05, 3.63) is 63.6 Å². The highest BCUT2D eigenvalue weighted by Gasteiger charge is 2.11. The molecular formula is C16H13BrClN3O3S. The van der Waals surface area contributed by atoms with Crippen molar-refractivity contribution in [3.8, 4) is 5.75 Å². The van der Waals surface area contributed by atoms with Crippen molar-refractivity contribution in [1.82, 2.24) is 16.2 Å². The predicted octanol–water partition coefficient (Wildman–Crippen LogP) is 2.82. The molecule has 6 nitrogen and oxygen atoms in total. The zero-order valence-electron chi connectivity index (χ0n) is 12.7. The standard InChI is InChI=1S/C16H13BrClN3O3S/c17-10-5-7-11(8-6-10)24-9-14(22)20-21-16(25)19-15(23)12-3-1-2-4-13(12)18/h1-8H,9H2,(H,20,22)(H2,19,21,23,25). The third-order valence-corrected chi connectivity index (χ3v) is 3.91. The Morgan fingerprint density at radius 3 is 2.44 bits per heavy atom. The molecule has 0 unspecified atom stereocenters. The average Bonchev–Trinajstić information content (AvgIpc) is 2.59. The number of hydrazine groups is 1. The number of rotatable bonds is 4. The Morgan fingerprint density at radius 1 is 1.08 bits per heavy atom. The van der Waals surface area contributed by atoms with Crippen molar-refractivity contribution >= 4 is 56.7 Å². The molecule has 2 aromatic carbocycles. The van der Waals surface area contributed by atoms with Gasteiger partial charge >= 0.3 is 0 Å². The SMILES string of the molecule is O=C(COc1ccc(Br)cc1)NNC(=S)NC(=O)c1ccccc1Cl. The average molecular weight is 443 g/mol. The van der Waals surface area contributed by atoms with E-state index in [2.05, 4.69) is 32.1 Å². The van der Waals surface area contributed by atoms with Gasteiger partial charge in [0.25, 0.3) is 11.8 Å². The lowest BCUT2D eigenvalue weighted by Crippen LogP contribution is -2.49. The lowest BCUT2D eigenvalue weighted by atomic mass is 10.2. The van der Waals surface area contributed by atoms with Crippen LogP contribution in [0.3, 0.4) is 0 Å². The molecule has 2 amide bonds. The van der Waals surface area contributed by atoms with Gasteiger partial charge in [0.15, 0.2) is 11.7 Å². The van der Waals surface area contributed by atoms with Gasteiger partial charge in [-0.25, -0.2) is 0 Å². The van der Waals surface area contributed by atoms with E-state index >= 15 is 0 Å². The van der Waals surface area contributed by atoms with Crippen LogP contribution in [-0.2, 0) is 4.79 Å². The summed E-state index contributed by atoms with van der Waals surface area (Å²) in [5.41, 5.74) is 5.02. The van der Waals surface area contributed by atoms with E-state index < -0.39 is 11.8 Å². The van der Waals surface area contributed by atoms with E-state index in [-0.39, 0.29) is 17.3 Å². The number of benzene rings is 2. The van der Waals surface area contributed by atoms with Crippen LogP contribution in [-0.4, -0.2) is 23.5 Å². The Labute approximate surface area is 163 Å². The quantitative estimate of drug-likeness (QED) is 0.501. The number of halogens is 2. The summed E-state index contributed by atoms with van der Waals surface area (Å²) in [7, 11) is 0. The van der Waals surface area contributed by atoms with Crippen LogP contribution in [0.15, 0.2) is 53.0 Å². The van der Waals surface area contributed by atoms with Gasteiger partial charge in [0, 0.05) is 4.47 Å². The lowest BCUT2D eigenvalue weighted by molar-refractivity contribution is -0.123. The summed E-state index contributed by atoms with van der Waals surface area (Å²) in [5, 5.41) is 2.64. The molecule has 0 radical (unpaired) electrons. The Morgan fingerprint density at radius 2 is 1.76 bits per heavy atom. The van der Waals surface area contributed by atoms with E-state index in [4.69, 9.17) is 28.6 Å². The van der Waals surface area contributed by atoms with Crippen LogP contribution in [0, 0.1) is 0 Å². The fourth-order valence-electron chi connectivity index (χ4n) is 1.69. The van der Waals surface area contributed by atoms with Gasteiger partial charge in [-0.05, 0) is 48.6 Å². The van der Waals surface area contributed by atoms with Gasteiger partial charge in [0.1, 0.15) is 5.75 Å². The van der Waals surface area contributed by atoms with Crippen molar-refractivity contribution in [1.29, 1.82) is 0 Å². The largest absolute Gasteiger partial charge is 0.484 e. The molecule has 0 atom stereocenters. The summed E-state index contributed by atoms with van der Waals surface area (Å²) < 4.78 is 6.21. The highest BCUT2D eigenvalue weighted by molar-refractivity contribution is 9.10. The minimum absolute atomic E-state index is 0.0677.